The lowest BCUT2D eigenvalue weighted by Gasteiger charge is -2.22. The van der Waals surface area contributed by atoms with Gasteiger partial charge in [-0.3, -0.25) is 14.6 Å². The summed E-state index contributed by atoms with van der Waals surface area (Å²) in [6.07, 6.45) is 7.98. The van der Waals surface area contributed by atoms with Gasteiger partial charge in [-0.2, -0.15) is 0 Å². The zero-order valence-electron chi connectivity index (χ0n) is 26.5. The molecule has 2 N–H and O–H groups in total. The average Bonchev–Trinajstić information content (AvgIpc) is 3.05. The molecule has 2 aromatic carbocycles. The first-order valence-corrected chi connectivity index (χ1v) is 14.7. The van der Waals surface area contributed by atoms with Gasteiger partial charge in [-0.05, 0) is 56.9 Å². The van der Waals surface area contributed by atoms with Gasteiger partial charge in [0.15, 0.2) is 23.1 Å². The van der Waals surface area contributed by atoms with Crippen molar-refractivity contribution >= 4 is 34.0 Å². The van der Waals surface area contributed by atoms with Crippen LogP contribution in [0.1, 0.15) is 18.5 Å². The number of nitrogens with one attached hydrogen (secondary N) is 2. The average molecular weight is 641 g/mol. The van der Waals surface area contributed by atoms with Gasteiger partial charge < -0.3 is 29.6 Å². The first-order chi connectivity index (χ1) is 22.6. The van der Waals surface area contributed by atoms with Gasteiger partial charge in [-0.15, -0.1) is 0 Å². The summed E-state index contributed by atoms with van der Waals surface area (Å²) in [5.41, 5.74) is 0.788. The molecule has 3 heterocycles. The Balaban J connectivity index is 1.68. The molecule has 0 radical (unpaired) electrons. The van der Waals surface area contributed by atoms with Crippen LogP contribution in [-0.2, 0) is 4.79 Å². The quantitative estimate of drug-likeness (QED) is 0.165. The molecule has 1 atom stereocenters. The van der Waals surface area contributed by atoms with Gasteiger partial charge >= 0.3 is 0 Å². The lowest BCUT2D eigenvalue weighted by atomic mass is 10.0. The van der Waals surface area contributed by atoms with Crippen molar-refractivity contribution in [3.8, 4) is 22.6 Å². The van der Waals surface area contributed by atoms with Gasteiger partial charge in [-0.25, -0.2) is 13.8 Å². The number of aromatic nitrogens is 3. The summed E-state index contributed by atoms with van der Waals surface area (Å²) < 4.78 is 43.2. The first-order valence-electron chi connectivity index (χ1n) is 14.7. The maximum atomic E-state index is 15.7. The number of rotatable bonds is 11. The third-order valence-electron chi connectivity index (χ3n) is 7.46. The standard InChI is InChI=1S/C35H34F2N6O4/c1-21(22-9-6-10-24(15-22)41-31(44)12-8-14-42(2)3)43-27-17-30(40-25-11-7-13-38-20-25)39-19-23(27)16-26(35(43)45)32-33(36)28(46-4)18-29(47-5)34(32)37/h6-13,15-21H,14H2,1-5H3,(H,39,40)(H,41,44)/b12-8+. The van der Waals surface area contributed by atoms with E-state index in [0.717, 1.165) is 6.07 Å². The minimum atomic E-state index is -1.05. The Bertz CT molecular complexity index is 1990. The molecular weight excluding hydrogens is 606 g/mol. The van der Waals surface area contributed by atoms with Crippen LogP contribution < -0.4 is 25.7 Å². The summed E-state index contributed by atoms with van der Waals surface area (Å²) in [4.78, 5) is 37.5. The van der Waals surface area contributed by atoms with Crippen LogP contribution in [0.25, 0.3) is 22.0 Å². The molecule has 10 nitrogen and oxygen atoms in total. The number of ether oxygens (including phenoxy) is 2. The minimum Gasteiger partial charge on any atom is -0.494 e. The lowest BCUT2D eigenvalue weighted by molar-refractivity contribution is -0.111. The Morgan fingerprint density at radius 1 is 1.00 bits per heavy atom. The van der Waals surface area contributed by atoms with Crippen molar-refractivity contribution < 1.29 is 23.0 Å². The molecule has 0 aliphatic rings. The van der Waals surface area contributed by atoms with Crippen molar-refractivity contribution in [1.82, 2.24) is 19.4 Å². The number of carbonyl (C=O) groups is 1. The maximum absolute atomic E-state index is 15.7. The fraction of sp³-hybridized carbons (Fsp3) is 0.200. The highest BCUT2D eigenvalue weighted by Crippen LogP contribution is 2.38. The molecule has 1 unspecified atom stereocenters. The molecule has 0 saturated carbocycles. The second-order valence-electron chi connectivity index (χ2n) is 11.0. The highest BCUT2D eigenvalue weighted by molar-refractivity contribution is 5.99. The number of hydrogen-bond donors (Lipinski definition) is 2. The van der Waals surface area contributed by atoms with Gasteiger partial charge in [0, 0.05) is 48.2 Å². The SMILES string of the molecule is COc1cc(OC)c(F)c(-c2cc3cnc(Nc4cccnc4)cc3n(C(C)c3cccc(NC(=O)/C=C/CN(C)C)c3)c2=O)c1F. The van der Waals surface area contributed by atoms with E-state index in [9.17, 15) is 9.59 Å². The van der Waals surface area contributed by atoms with Crippen LogP contribution in [0.2, 0.25) is 0 Å². The van der Waals surface area contributed by atoms with Crippen molar-refractivity contribution in [2.24, 2.45) is 0 Å². The number of benzene rings is 2. The minimum absolute atomic E-state index is 0.248. The van der Waals surface area contributed by atoms with Crippen molar-refractivity contribution in [1.29, 1.82) is 0 Å². The van der Waals surface area contributed by atoms with E-state index in [1.165, 1.54) is 37.1 Å². The van der Waals surface area contributed by atoms with E-state index in [2.05, 4.69) is 20.6 Å². The van der Waals surface area contributed by atoms with Gasteiger partial charge in [0.25, 0.3) is 5.56 Å². The topological polar surface area (TPSA) is 111 Å². The predicted molar refractivity (Wildman–Crippen MR) is 179 cm³/mol. The number of fused-ring (bicyclic) bond motifs is 1. The second-order valence-corrected chi connectivity index (χ2v) is 11.0. The van der Waals surface area contributed by atoms with Crippen molar-refractivity contribution in [2.45, 2.75) is 13.0 Å². The third kappa shape index (κ3) is 7.12. The van der Waals surface area contributed by atoms with E-state index in [1.54, 1.807) is 61.8 Å². The number of nitrogens with zero attached hydrogens (tertiary/aromatic N) is 4. The van der Waals surface area contributed by atoms with Crippen LogP contribution in [-0.4, -0.2) is 60.2 Å². The third-order valence-corrected chi connectivity index (χ3v) is 7.46. The number of halogens is 2. The fourth-order valence-corrected chi connectivity index (χ4v) is 5.15. The monoisotopic (exact) mass is 640 g/mol. The molecule has 3 aromatic heterocycles. The maximum Gasteiger partial charge on any atom is 0.259 e. The zero-order valence-corrected chi connectivity index (χ0v) is 26.5. The Morgan fingerprint density at radius 2 is 1.72 bits per heavy atom. The molecule has 0 bridgehead atoms. The normalized spacial score (nSPS) is 12.0. The second kappa shape index (κ2) is 14.2. The number of hydrogen-bond acceptors (Lipinski definition) is 8. The van der Waals surface area contributed by atoms with Crippen LogP contribution in [0.3, 0.4) is 0 Å². The summed E-state index contributed by atoms with van der Waals surface area (Å²) in [5, 5.41) is 6.46. The van der Waals surface area contributed by atoms with Crippen molar-refractivity contribution in [2.75, 3.05) is 45.5 Å². The number of pyridine rings is 3. The smallest absolute Gasteiger partial charge is 0.259 e. The molecule has 1 amide bonds. The van der Waals surface area contributed by atoms with E-state index < -0.39 is 28.8 Å². The molecule has 5 aromatic rings. The predicted octanol–water partition coefficient (Wildman–Crippen LogP) is 6.16. The van der Waals surface area contributed by atoms with E-state index in [4.69, 9.17) is 9.47 Å². The van der Waals surface area contributed by atoms with Crippen LogP contribution in [0, 0.1) is 11.6 Å². The van der Waals surface area contributed by atoms with E-state index in [-0.39, 0.29) is 23.0 Å². The molecule has 47 heavy (non-hydrogen) atoms. The molecule has 0 fully saturated rings. The molecule has 0 saturated heterocycles. The fourth-order valence-electron chi connectivity index (χ4n) is 5.15. The molecule has 0 aliphatic heterocycles. The van der Waals surface area contributed by atoms with E-state index in [1.807, 2.05) is 25.1 Å². The number of carbonyl (C=O) groups excluding carboxylic acids is 1. The highest BCUT2D eigenvalue weighted by Gasteiger charge is 2.26. The Morgan fingerprint density at radius 3 is 2.38 bits per heavy atom. The molecule has 0 spiro atoms. The summed E-state index contributed by atoms with van der Waals surface area (Å²) >= 11 is 0. The van der Waals surface area contributed by atoms with Crippen molar-refractivity contribution in [3.63, 3.8) is 0 Å². The first kappa shape index (κ1) is 32.8. The number of likely N-dealkylation sites (N-methyl/N-ethyl adjacent to an activating group) is 1. The molecule has 242 valence electrons. The number of methoxy groups -OCH3 is 2. The van der Waals surface area contributed by atoms with Gasteiger partial charge in [0.2, 0.25) is 5.91 Å². The molecule has 0 aliphatic carbocycles. The largest absolute Gasteiger partial charge is 0.494 e. The van der Waals surface area contributed by atoms with Crippen LogP contribution >= 0.6 is 0 Å². The van der Waals surface area contributed by atoms with Gasteiger partial charge in [-0.1, -0.05) is 18.2 Å². The van der Waals surface area contributed by atoms with Crippen LogP contribution in [0.5, 0.6) is 11.5 Å². The van der Waals surface area contributed by atoms with E-state index >= 15 is 8.78 Å². The van der Waals surface area contributed by atoms with Gasteiger partial charge in [0.05, 0.1) is 48.8 Å². The summed E-state index contributed by atoms with van der Waals surface area (Å²) in [5.74, 6) is -2.54. The summed E-state index contributed by atoms with van der Waals surface area (Å²) in [6.45, 7) is 2.39. The Labute approximate surface area is 270 Å². The highest BCUT2D eigenvalue weighted by atomic mass is 19.1. The van der Waals surface area contributed by atoms with Crippen LogP contribution in [0.4, 0.5) is 26.0 Å². The van der Waals surface area contributed by atoms with Gasteiger partial charge in [0.1, 0.15) is 5.82 Å². The Kier molecular flexibility index (Phi) is 9.91. The number of anilines is 3. The zero-order chi connectivity index (χ0) is 33.7. The van der Waals surface area contributed by atoms with Crippen molar-refractivity contribution in [3.05, 3.63) is 113 Å². The summed E-state index contributed by atoms with van der Waals surface area (Å²) in [7, 11) is 6.28. The van der Waals surface area contributed by atoms with E-state index in [0.29, 0.717) is 40.2 Å². The Hall–Kier alpha value is -5.62. The molecular formula is C35H34F2N6O4. The summed E-state index contributed by atoms with van der Waals surface area (Å²) in [6, 6.07) is 14.1. The molecule has 12 heteroatoms. The molecule has 5 rings (SSSR count). The number of amides is 1. The lowest BCUT2D eigenvalue weighted by Crippen LogP contribution is -2.26. The van der Waals surface area contributed by atoms with Crippen LogP contribution in [0.15, 0.2) is 90.1 Å².